The maximum absolute atomic E-state index is 12.5. The van der Waals surface area contributed by atoms with Crippen molar-refractivity contribution >= 4 is 23.2 Å². The van der Waals surface area contributed by atoms with Crippen molar-refractivity contribution in [2.24, 2.45) is 0 Å². The summed E-state index contributed by atoms with van der Waals surface area (Å²) in [6.07, 6.45) is 3.52. The van der Waals surface area contributed by atoms with Crippen molar-refractivity contribution in [1.82, 2.24) is 4.98 Å². The van der Waals surface area contributed by atoms with Gasteiger partial charge >= 0.3 is 0 Å². The minimum absolute atomic E-state index is 0.0323. The van der Waals surface area contributed by atoms with E-state index >= 15 is 0 Å². The van der Waals surface area contributed by atoms with Crippen LogP contribution in [0, 0.1) is 6.92 Å². The molecule has 0 bridgehead atoms. The second kappa shape index (κ2) is 6.01. The highest BCUT2D eigenvalue weighted by molar-refractivity contribution is 7.14. The summed E-state index contributed by atoms with van der Waals surface area (Å²) in [5, 5.41) is 10.4. The molecule has 0 spiro atoms. The van der Waals surface area contributed by atoms with Crippen LogP contribution in [0.3, 0.4) is 0 Å². The predicted octanol–water partition coefficient (Wildman–Crippen LogP) is 3.98. The van der Waals surface area contributed by atoms with Gasteiger partial charge in [-0.1, -0.05) is 38.1 Å². The van der Waals surface area contributed by atoms with Crippen LogP contribution in [0.5, 0.6) is 5.75 Å². The van der Waals surface area contributed by atoms with Gasteiger partial charge in [0.05, 0.1) is 16.1 Å². The zero-order valence-corrected chi connectivity index (χ0v) is 12.5. The van der Waals surface area contributed by atoms with Gasteiger partial charge in [0.2, 0.25) is 5.78 Å². The molecular formula is C16H17NO2S. The van der Waals surface area contributed by atoms with Crippen LogP contribution in [0.1, 0.15) is 44.8 Å². The summed E-state index contributed by atoms with van der Waals surface area (Å²) in [5.74, 6) is -0.202. The molecule has 1 N–H and O–H groups in total. The van der Waals surface area contributed by atoms with Crippen molar-refractivity contribution in [3.8, 4) is 5.75 Å². The highest BCUT2D eigenvalue weighted by Crippen LogP contribution is 2.28. The van der Waals surface area contributed by atoms with Crippen molar-refractivity contribution < 1.29 is 9.90 Å². The lowest BCUT2D eigenvalue weighted by atomic mass is 10.1. The Morgan fingerprint density at radius 3 is 2.90 bits per heavy atom. The average molecular weight is 287 g/mol. The molecule has 20 heavy (non-hydrogen) atoms. The first-order chi connectivity index (χ1) is 9.58. The van der Waals surface area contributed by atoms with Crippen LogP contribution in [0.2, 0.25) is 0 Å². The molecule has 0 radical (unpaired) electrons. The molecule has 1 aromatic heterocycles. The molecule has 0 fully saturated rings. The number of hydrogen-bond donors (Lipinski definition) is 1. The molecule has 1 aromatic carbocycles. The summed E-state index contributed by atoms with van der Waals surface area (Å²) in [6.45, 7) is 7.60. The summed E-state index contributed by atoms with van der Waals surface area (Å²) in [6, 6.07) is 5.15. The van der Waals surface area contributed by atoms with Crippen molar-refractivity contribution in [3.05, 3.63) is 51.5 Å². The van der Waals surface area contributed by atoms with Crippen LogP contribution in [0.15, 0.2) is 24.8 Å². The minimum atomic E-state index is -0.235. The van der Waals surface area contributed by atoms with Gasteiger partial charge in [0, 0.05) is 0 Å². The van der Waals surface area contributed by atoms with E-state index in [9.17, 15) is 9.90 Å². The Morgan fingerprint density at radius 2 is 2.25 bits per heavy atom. The predicted molar refractivity (Wildman–Crippen MR) is 82.5 cm³/mol. The number of aromatic nitrogens is 1. The third-order valence-electron chi connectivity index (χ3n) is 3.08. The average Bonchev–Trinajstić information content (AvgIpc) is 2.85. The first kappa shape index (κ1) is 14.5. The van der Waals surface area contributed by atoms with E-state index in [0.29, 0.717) is 16.1 Å². The number of benzene rings is 1. The lowest BCUT2D eigenvalue weighted by Crippen LogP contribution is -2.02. The molecule has 4 heteroatoms. The molecule has 1 heterocycles. The van der Waals surface area contributed by atoms with Crippen LogP contribution >= 0.6 is 11.3 Å². The third-order valence-corrected chi connectivity index (χ3v) is 4.17. The van der Waals surface area contributed by atoms with Crippen LogP contribution in [-0.4, -0.2) is 15.9 Å². The molecular weight excluding hydrogens is 270 g/mol. The minimum Gasteiger partial charge on any atom is -0.507 e. The zero-order chi connectivity index (χ0) is 14.7. The summed E-state index contributed by atoms with van der Waals surface area (Å²) >= 11 is 1.33. The van der Waals surface area contributed by atoms with Gasteiger partial charge in [-0.15, -0.1) is 11.3 Å². The lowest BCUT2D eigenvalue weighted by molar-refractivity contribution is 0.103. The third kappa shape index (κ3) is 2.65. The Hall–Kier alpha value is -1.94. The number of aryl methyl sites for hydroxylation is 2. The number of phenols is 1. The molecule has 0 amide bonds. The lowest BCUT2D eigenvalue weighted by Gasteiger charge is -2.03. The normalized spacial score (nSPS) is 10.5. The topological polar surface area (TPSA) is 50.2 Å². The standard InChI is InChI=1S/C16H17NO2S/c1-4-7-12-13(5-2)20-16(17-12)15(19)11-9-6-8-10(3)14(11)18/h5-6,8-9,18H,2,4,7H2,1,3H3. The molecule has 2 aromatic rings. The number of para-hydroxylation sites is 1. The number of hydrogen-bond acceptors (Lipinski definition) is 4. The van der Waals surface area contributed by atoms with Crippen molar-refractivity contribution in [3.63, 3.8) is 0 Å². The Morgan fingerprint density at radius 1 is 1.50 bits per heavy atom. The van der Waals surface area contributed by atoms with Crippen LogP contribution in [-0.2, 0) is 6.42 Å². The molecule has 0 atom stereocenters. The monoisotopic (exact) mass is 287 g/mol. The van der Waals surface area contributed by atoms with E-state index in [-0.39, 0.29) is 11.5 Å². The fraction of sp³-hybridized carbons (Fsp3) is 0.250. The van der Waals surface area contributed by atoms with E-state index in [1.54, 1.807) is 31.2 Å². The number of carbonyl (C=O) groups is 1. The number of carbonyl (C=O) groups excluding carboxylic acids is 1. The summed E-state index contributed by atoms with van der Waals surface area (Å²) in [5.41, 5.74) is 1.89. The summed E-state index contributed by atoms with van der Waals surface area (Å²) in [4.78, 5) is 17.8. The second-order valence-electron chi connectivity index (χ2n) is 4.58. The van der Waals surface area contributed by atoms with E-state index in [0.717, 1.165) is 23.4 Å². The molecule has 0 aliphatic rings. The van der Waals surface area contributed by atoms with Gasteiger partial charge in [0.15, 0.2) is 5.01 Å². The van der Waals surface area contributed by atoms with Crippen molar-refractivity contribution in [2.75, 3.05) is 0 Å². The van der Waals surface area contributed by atoms with E-state index in [2.05, 4.69) is 18.5 Å². The SMILES string of the molecule is C=Cc1sc(C(=O)c2cccc(C)c2O)nc1CCC. The fourth-order valence-corrected chi connectivity index (χ4v) is 2.91. The molecule has 0 saturated heterocycles. The Bertz CT molecular complexity index is 658. The first-order valence-corrected chi connectivity index (χ1v) is 7.35. The van der Waals surface area contributed by atoms with Gasteiger partial charge in [0.25, 0.3) is 0 Å². The van der Waals surface area contributed by atoms with Gasteiger partial charge < -0.3 is 5.11 Å². The van der Waals surface area contributed by atoms with Gasteiger partial charge in [-0.05, 0) is 25.0 Å². The molecule has 104 valence electrons. The number of aromatic hydroxyl groups is 1. The number of nitrogens with zero attached hydrogens (tertiary/aromatic N) is 1. The largest absolute Gasteiger partial charge is 0.507 e. The van der Waals surface area contributed by atoms with Gasteiger partial charge in [0.1, 0.15) is 5.75 Å². The van der Waals surface area contributed by atoms with Crippen LogP contribution in [0.25, 0.3) is 6.08 Å². The molecule has 3 nitrogen and oxygen atoms in total. The zero-order valence-electron chi connectivity index (χ0n) is 11.6. The van der Waals surface area contributed by atoms with Gasteiger partial charge in [-0.2, -0.15) is 0 Å². The van der Waals surface area contributed by atoms with Crippen LogP contribution < -0.4 is 0 Å². The van der Waals surface area contributed by atoms with Gasteiger partial charge in [-0.25, -0.2) is 4.98 Å². The number of ketones is 1. The Labute approximate surface area is 122 Å². The van der Waals surface area contributed by atoms with E-state index in [1.807, 2.05) is 0 Å². The Balaban J connectivity index is 2.43. The van der Waals surface area contributed by atoms with E-state index in [1.165, 1.54) is 11.3 Å². The van der Waals surface area contributed by atoms with Crippen molar-refractivity contribution in [1.29, 1.82) is 0 Å². The molecule has 2 rings (SSSR count). The molecule has 0 aliphatic heterocycles. The first-order valence-electron chi connectivity index (χ1n) is 6.53. The summed E-state index contributed by atoms with van der Waals surface area (Å²) < 4.78 is 0. The van der Waals surface area contributed by atoms with E-state index < -0.39 is 0 Å². The smallest absolute Gasteiger partial charge is 0.225 e. The van der Waals surface area contributed by atoms with Gasteiger partial charge in [-0.3, -0.25) is 4.79 Å². The highest BCUT2D eigenvalue weighted by atomic mass is 32.1. The maximum Gasteiger partial charge on any atom is 0.225 e. The molecule has 0 unspecified atom stereocenters. The van der Waals surface area contributed by atoms with Crippen molar-refractivity contribution in [2.45, 2.75) is 26.7 Å². The second-order valence-corrected chi connectivity index (χ2v) is 5.61. The fourth-order valence-electron chi connectivity index (χ4n) is 1.99. The molecule has 0 saturated carbocycles. The number of phenolic OH excluding ortho intramolecular Hbond substituents is 1. The maximum atomic E-state index is 12.5. The van der Waals surface area contributed by atoms with E-state index in [4.69, 9.17) is 0 Å². The highest BCUT2D eigenvalue weighted by Gasteiger charge is 2.19. The Kier molecular flexibility index (Phi) is 4.35. The molecule has 0 aliphatic carbocycles. The van der Waals surface area contributed by atoms with Crippen LogP contribution in [0.4, 0.5) is 0 Å². The number of rotatable bonds is 5. The number of thiazole rings is 1. The summed E-state index contributed by atoms with van der Waals surface area (Å²) in [7, 11) is 0. The quantitative estimate of drug-likeness (QED) is 0.846.